The maximum Gasteiger partial charge on any atom is 0.356 e. The molecule has 2 amide bonds. The molecule has 1 saturated heterocycles. The summed E-state index contributed by atoms with van der Waals surface area (Å²) in [7, 11) is 0. The molecule has 4 heterocycles. The van der Waals surface area contributed by atoms with E-state index in [-0.39, 0.29) is 17.1 Å². The van der Waals surface area contributed by atoms with Crippen LogP contribution in [0.15, 0.2) is 269 Å². The second kappa shape index (κ2) is 24.1. The second-order valence-electron chi connectivity index (χ2n) is 19.3. The molecule has 15 heteroatoms. The lowest BCUT2D eigenvalue weighted by Gasteiger charge is -2.49. The molecular formula is C67H52N6O5S4. The number of β-lactam (4-membered cyclic amide) rings is 1. The molecule has 2 N–H and O–H groups in total. The summed E-state index contributed by atoms with van der Waals surface area (Å²) < 4.78 is 7.31. The normalized spacial score (nSPS) is 15.3. The number of oxime groups is 1. The maximum atomic E-state index is 15.6. The Balaban J connectivity index is 0.944. The number of nitrogens with one attached hydrogen (secondary N) is 2. The number of hydrogen-bond acceptors (Lipinski definition) is 13. The smallest absolute Gasteiger partial charge is 0.356 e. The number of carbonyl (C=O) groups excluding carboxylic acids is 3. The van der Waals surface area contributed by atoms with E-state index < -0.39 is 46.4 Å². The zero-order valence-corrected chi connectivity index (χ0v) is 47.4. The van der Waals surface area contributed by atoms with Gasteiger partial charge in [0.15, 0.2) is 16.9 Å². The van der Waals surface area contributed by atoms with E-state index in [1.54, 1.807) is 11.6 Å². The van der Waals surface area contributed by atoms with Crippen molar-refractivity contribution in [3.63, 3.8) is 0 Å². The van der Waals surface area contributed by atoms with Gasteiger partial charge in [-0.25, -0.2) is 14.8 Å². The number of rotatable bonds is 19. The minimum atomic E-state index is -1.38. The molecule has 404 valence electrons. The van der Waals surface area contributed by atoms with Gasteiger partial charge in [-0.15, -0.1) is 34.4 Å². The molecule has 0 bridgehead atoms. The average molecular weight is 1150 g/mol. The van der Waals surface area contributed by atoms with Crippen LogP contribution in [0.25, 0.3) is 5.57 Å². The molecule has 8 aromatic carbocycles. The molecule has 11 nitrogen and oxygen atoms in total. The summed E-state index contributed by atoms with van der Waals surface area (Å²) in [6.45, 7) is 0. The van der Waals surface area contributed by atoms with Gasteiger partial charge >= 0.3 is 5.97 Å². The van der Waals surface area contributed by atoms with Crippen LogP contribution in [-0.4, -0.2) is 61.8 Å². The van der Waals surface area contributed by atoms with E-state index >= 15 is 14.4 Å². The number of aromatic nitrogens is 2. The van der Waals surface area contributed by atoms with Crippen LogP contribution < -0.4 is 10.6 Å². The monoisotopic (exact) mass is 1150 g/mol. The largest absolute Gasteiger partial charge is 0.448 e. The number of nitrogens with zero attached hydrogens (tertiary/aromatic N) is 4. The van der Waals surface area contributed by atoms with E-state index in [2.05, 4.69) is 52.0 Å². The number of carbonyl (C=O) groups is 3. The minimum Gasteiger partial charge on any atom is -0.448 e. The fourth-order valence-electron chi connectivity index (χ4n) is 10.6. The number of anilines is 1. The fraction of sp³-hybridized carbons (Fsp3) is 0.104. The van der Waals surface area contributed by atoms with Crippen molar-refractivity contribution < 1.29 is 24.0 Å². The fourth-order valence-corrected chi connectivity index (χ4v) is 14.3. The van der Waals surface area contributed by atoms with Crippen LogP contribution >= 0.6 is 46.2 Å². The second-order valence-corrected chi connectivity index (χ2v) is 23.4. The van der Waals surface area contributed by atoms with Gasteiger partial charge in [-0.2, -0.15) is 0 Å². The zero-order chi connectivity index (χ0) is 55.9. The Kier molecular flexibility index (Phi) is 15.8. The Hall–Kier alpha value is -8.86. The van der Waals surface area contributed by atoms with Crippen LogP contribution in [0.5, 0.6) is 0 Å². The first-order chi connectivity index (χ1) is 40.4. The quantitative estimate of drug-likeness (QED) is 0.0201. The summed E-state index contributed by atoms with van der Waals surface area (Å²) in [5.74, 6) is -1.55. The zero-order valence-electron chi connectivity index (χ0n) is 44.2. The Bertz CT molecular complexity index is 3660. The van der Waals surface area contributed by atoms with Crippen molar-refractivity contribution >= 4 is 80.4 Å². The van der Waals surface area contributed by atoms with E-state index in [1.807, 2.05) is 213 Å². The third-order valence-electron chi connectivity index (χ3n) is 14.5. The molecule has 0 radical (unpaired) electrons. The topological polar surface area (TPSA) is 135 Å². The van der Waals surface area contributed by atoms with Gasteiger partial charge in [0.05, 0.1) is 4.88 Å². The van der Waals surface area contributed by atoms with E-state index in [4.69, 9.17) is 19.7 Å². The van der Waals surface area contributed by atoms with Crippen molar-refractivity contribution in [3.8, 4) is 0 Å². The number of hydrogen-bond donors (Lipinski definition) is 2. The Morgan fingerprint density at radius 1 is 0.646 bits per heavy atom. The molecule has 2 atom stereocenters. The summed E-state index contributed by atoms with van der Waals surface area (Å²) in [4.78, 5) is 64.7. The number of benzene rings is 8. The summed E-state index contributed by atoms with van der Waals surface area (Å²) in [6.07, 6.45) is 2.90. The molecule has 0 aliphatic carbocycles. The van der Waals surface area contributed by atoms with Gasteiger partial charge in [0.2, 0.25) is 5.60 Å². The third kappa shape index (κ3) is 10.4. The molecular weight excluding hydrogens is 1100 g/mol. The molecule has 2 aromatic heterocycles. The van der Waals surface area contributed by atoms with Gasteiger partial charge in [-0.05, 0) is 34.1 Å². The third-order valence-corrected chi connectivity index (χ3v) is 18.6. The number of thiazole rings is 2. The predicted octanol–water partition coefficient (Wildman–Crippen LogP) is 13.6. The molecule has 2 aliphatic rings. The van der Waals surface area contributed by atoms with Crippen LogP contribution in [-0.2, 0) is 35.1 Å². The SMILES string of the molecule is CSc1ncc(C2=C(C(=O)OC(c3ccccc3)c3ccccc3)N3C(=O)[C@@H](NC(=O)/C(=N\OC(c4ccccc4)(c4ccccc4)c4ccccc4)c4csc(NC(c5ccccc5)(c5ccccc5)c5ccccc5)n4)[C@H]3SC2)s1. The van der Waals surface area contributed by atoms with Crippen LogP contribution in [0.3, 0.4) is 0 Å². The van der Waals surface area contributed by atoms with Gasteiger partial charge in [0.25, 0.3) is 11.8 Å². The van der Waals surface area contributed by atoms with Crippen molar-refractivity contribution in [1.82, 2.24) is 20.2 Å². The van der Waals surface area contributed by atoms with Gasteiger partial charge in [-0.1, -0.05) is 260 Å². The molecule has 82 heavy (non-hydrogen) atoms. The summed E-state index contributed by atoms with van der Waals surface area (Å²) in [5, 5.41) is 13.4. The van der Waals surface area contributed by atoms with Crippen LogP contribution in [0.1, 0.15) is 61.2 Å². The van der Waals surface area contributed by atoms with Gasteiger partial charge in [-0.3, -0.25) is 14.5 Å². The van der Waals surface area contributed by atoms with Crippen molar-refractivity contribution in [3.05, 3.63) is 315 Å². The predicted molar refractivity (Wildman–Crippen MR) is 328 cm³/mol. The highest BCUT2D eigenvalue weighted by atomic mass is 32.2. The van der Waals surface area contributed by atoms with Crippen LogP contribution in [0.4, 0.5) is 5.13 Å². The van der Waals surface area contributed by atoms with E-state index in [0.29, 0.717) is 16.5 Å². The van der Waals surface area contributed by atoms with Crippen LogP contribution in [0.2, 0.25) is 0 Å². The Labute approximate surface area is 491 Å². The van der Waals surface area contributed by atoms with E-state index in [9.17, 15) is 0 Å². The summed E-state index contributed by atoms with van der Waals surface area (Å²) in [6, 6.07) is 77.8. The first-order valence-electron chi connectivity index (χ1n) is 26.5. The standard InChI is InChI=1S/C67H52N6O5S4/c1-79-65-68-42-55(82-65)53-43-80-62-57(61(75)73(62)58(53)63(76)77-59(45-26-10-2-11-27-45)46-28-12-3-13-29-46)70-60(74)56(72-78-67(50-36-20-7-21-37-50,51-38-22-8-23-39-51)52-40-24-9-25-41-52)54-44-81-64(69-54)71-66(47-30-14-4-15-31-47,48-32-16-5-17-33-48)49-34-18-6-19-35-49/h2-42,44,57,59,62H,43H2,1H3,(H,69,71)(H,70,74)/b72-56-/t57-,62-/m1/s1. The van der Waals surface area contributed by atoms with Gasteiger partial charge in [0.1, 0.15) is 32.7 Å². The molecule has 0 saturated carbocycles. The highest BCUT2D eigenvalue weighted by Crippen LogP contribution is 2.47. The lowest BCUT2D eigenvalue weighted by molar-refractivity contribution is -0.154. The average Bonchev–Trinajstić information content (AvgIpc) is 3.91. The molecule has 0 unspecified atom stereocenters. The lowest BCUT2D eigenvalue weighted by Crippen LogP contribution is -2.71. The first kappa shape index (κ1) is 53.8. The minimum absolute atomic E-state index is 0.108. The van der Waals surface area contributed by atoms with Crippen molar-refractivity contribution in [1.29, 1.82) is 0 Å². The molecule has 10 aromatic rings. The summed E-state index contributed by atoms with van der Waals surface area (Å²) in [5.41, 5.74) is 5.14. The number of fused-ring (bicyclic) bond motifs is 1. The highest BCUT2D eigenvalue weighted by molar-refractivity contribution is 8.00. The number of ether oxygens (including phenoxy) is 1. The van der Waals surface area contributed by atoms with Crippen molar-refractivity contribution in [2.45, 2.75) is 33.0 Å². The maximum absolute atomic E-state index is 15.6. The van der Waals surface area contributed by atoms with Crippen molar-refractivity contribution in [2.24, 2.45) is 5.16 Å². The molecule has 12 rings (SSSR count). The Morgan fingerprint density at radius 3 is 1.55 bits per heavy atom. The number of amides is 2. The molecule has 1 fully saturated rings. The lowest BCUT2D eigenvalue weighted by atomic mass is 9.77. The number of thioether (sulfide) groups is 2. The molecule has 2 aliphatic heterocycles. The van der Waals surface area contributed by atoms with Crippen molar-refractivity contribution in [2.75, 3.05) is 17.3 Å². The summed E-state index contributed by atoms with van der Waals surface area (Å²) >= 11 is 5.69. The molecule has 0 spiro atoms. The van der Waals surface area contributed by atoms with E-state index in [1.165, 1.54) is 51.1 Å². The number of esters is 1. The van der Waals surface area contributed by atoms with E-state index in [0.717, 1.165) is 53.7 Å². The Morgan fingerprint density at radius 2 is 1.10 bits per heavy atom. The first-order valence-corrected chi connectivity index (χ1v) is 30.5. The van der Waals surface area contributed by atoms with Crippen LogP contribution in [0, 0.1) is 0 Å². The van der Waals surface area contributed by atoms with Gasteiger partial charge < -0.3 is 20.2 Å². The highest BCUT2D eigenvalue weighted by Gasteiger charge is 2.55. The van der Waals surface area contributed by atoms with Gasteiger partial charge in [0, 0.05) is 39.6 Å².